The van der Waals surface area contributed by atoms with Crippen LogP contribution in [0.5, 0.6) is 0 Å². The standard InChI is InChI=1S/C6H12O/c1-3-4-5-6(2)7/h3-4,6-7H,5H2,1-2H3/b4-3+. The minimum atomic E-state index is -0.184. The molecule has 7 heavy (non-hydrogen) atoms. The fourth-order valence-electron chi connectivity index (χ4n) is 0.333. The Balaban J connectivity index is 2.97. The van der Waals surface area contributed by atoms with Gasteiger partial charge < -0.3 is 5.11 Å². The van der Waals surface area contributed by atoms with Gasteiger partial charge in [-0.25, -0.2) is 0 Å². The number of aliphatic hydroxyl groups is 1. The third-order valence-corrected chi connectivity index (χ3v) is 0.713. The summed E-state index contributed by atoms with van der Waals surface area (Å²) in [5.74, 6) is 0. The van der Waals surface area contributed by atoms with Gasteiger partial charge in [0.15, 0.2) is 0 Å². The molecule has 1 unspecified atom stereocenters. The van der Waals surface area contributed by atoms with Crippen LogP contribution in [0.15, 0.2) is 12.2 Å². The second-order valence-corrected chi connectivity index (χ2v) is 1.65. The second-order valence-electron chi connectivity index (χ2n) is 1.65. The summed E-state index contributed by atoms with van der Waals surface area (Å²) in [5, 5.41) is 8.63. The van der Waals surface area contributed by atoms with Crippen LogP contribution in [0.25, 0.3) is 0 Å². The van der Waals surface area contributed by atoms with E-state index in [1.54, 1.807) is 6.92 Å². The van der Waals surface area contributed by atoms with Crippen molar-refractivity contribution in [3.63, 3.8) is 0 Å². The Kier molecular flexibility index (Phi) is 3.71. The quantitative estimate of drug-likeness (QED) is 0.519. The molecule has 0 amide bonds. The highest BCUT2D eigenvalue weighted by Crippen LogP contribution is 1.88. The predicted octanol–water partition coefficient (Wildman–Crippen LogP) is 1.33. The fraction of sp³-hybridized carbons (Fsp3) is 0.667. The van der Waals surface area contributed by atoms with Crippen LogP contribution in [-0.4, -0.2) is 11.2 Å². The minimum absolute atomic E-state index is 0.184. The highest BCUT2D eigenvalue weighted by molar-refractivity contribution is 4.78. The summed E-state index contributed by atoms with van der Waals surface area (Å²) in [6, 6.07) is 0. The molecule has 42 valence electrons. The summed E-state index contributed by atoms with van der Waals surface area (Å²) in [7, 11) is 0. The summed E-state index contributed by atoms with van der Waals surface area (Å²) < 4.78 is 0. The molecule has 0 aromatic carbocycles. The van der Waals surface area contributed by atoms with Crippen LogP contribution in [-0.2, 0) is 0 Å². The summed E-state index contributed by atoms with van der Waals surface area (Å²) in [4.78, 5) is 0. The summed E-state index contributed by atoms with van der Waals surface area (Å²) >= 11 is 0. The Morgan fingerprint density at radius 1 is 1.71 bits per heavy atom. The molecule has 1 atom stereocenters. The van der Waals surface area contributed by atoms with E-state index in [0.29, 0.717) is 0 Å². The lowest BCUT2D eigenvalue weighted by atomic mass is 10.3. The van der Waals surface area contributed by atoms with Crippen LogP contribution in [0.1, 0.15) is 20.3 Å². The van der Waals surface area contributed by atoms with E-state index in [0.717, 1.165) is 6.42 Å². The second kappa shape index (κ2) is 3.88. The van der Waals surface area contributed by atoms with Crippen molar-refractivity contribution < 1.29 is 5.11 Å². The molecule has 1 N–H and O–H groups in total. The Bertz CT molecular complexity index is 55.2. The molecule has 0 aromatic heterocycles. The van der Waals surface area contributed by atoms with E-state index in [1.807, 2.05) is 19.1 Å². The van der Waals surface area contributed by atoms with Crippen molar-refractivity contribution in [1.29, 1.82) is 0 Å². The summed E-state index contributed by atoms with van der Waals surface area (Å²) in [5.41, 5.74) is 0. The molecule has 0 radical (unpaired) electrons. The van der Waals surface area contributed by atoms with Gasteiger partial charge in [0, 0.05) is 0 Å². The maximum atomic E-state index is 8.63. The molecule has 0 aliphatic heterocycles. The molecule has 0 aliphatic rings. The highest BCUT2D eigenvalue weighted by atomic mass is 16.3. The van der Waals surface area contributed by atoms with Gasteiger partial charge in [-0.15, -0.1) is 0 Å². The van der Waals surface area contributed by atoms with Gasteiger partial charge in [0.25, 0.3) is 0 Å². The molecule has 0 aromatic rings. The Morgan fingerprint density at radius 2 is 2.29 bits per heavy atom. The smallest absolute Gasteiger partial charge is 0.0546 e. The van der Waals surface area contributed by atoms with E-state index in [1.165, 1.54) is 0 Å². The lowest BCUT2D eigenvalue weighted by Gasteiger charge is -1.93. The zero-order chi connectivity index (χ0) is 5.70. The van der Waals surface area contributed by atoms with E-state index >= 15 is 0 Å². The van der Waals surface area contributed by atoms with Crippen LogP contribution in [0.4, 0.5) is 0 Å². The van der Waals surface area contributed by atoms with Crippen molar-refractivity contribution in [2.45, 2.75) is 26.4 Å². The van der Waals surface area contributed by atoms with Gasteiger partial charge in [0.05, 0.1) is 6.10 Å². The lowest BCUT2D eigenvalue weighted by Crippen LogP contribution is -1.94. The highest BCUT2D eigenvalue weighted by Gasteiger charge is 1.85. The Morgan fingerprint density at radius 3 is 2.43 bits per heavy atom. The molecule has 0 saturated carbocycles. The topological polar surface area (TPSA) is 20.2 Å². The van der Waals surface area contributed by atoms with E-state index in [-0.39, 0.29) is 6.10 Å². The molecule has 1 nitrogen and oxygen atoms in total. The summed E-state index contributed by atoms with van der Waals surface area (Å²) in [6.07, 6.45) is 4.48. The first-order valence-electron chi connectivity index (χ1n) is 2.56. The maximum Gasteiger partial charge on any atom is 0.0546 e. The monoisotopic (exact) mass is 100 g/mol. The van der Waals surface area contributed by atoms with Crippen molar-refractivity contribution in [3.8, 4) is 0 Å². The van der Waals surface area contributed by atoms with Crippen molar-refractivity contribution >= 4 is 0 Å². The van der Waals surface area contributed by atoms with Crippen LogP contribution >= 0.6 is 0 Å². The van der Waals surface area contributed by atoms with E-state index in [4.69, 9.17) is 5.11 Å². The van der Waals surface area contributed by atoms with Crippen LogP contribution < -0.4 is 0 Å². The molecule has 0 spiro atoms. The average Bonchev–Trinajstić information content (AvgIpc) is 1.61. The maximum absolute atomic E-state index is 8.63. The van der Waals surface area contributed by atoms with Crippen molar-refractivity contribution in [3.05, 3.63) is 12.2 Å². The molecule has 1 heteroatoms. The number of rotatable bonds is 2. The fourth-order valence-corrected chi connectivity index (χ4v) is 0.333. The zero-order valence-corrected chi connectivity index (χ0v) is 4.89. The van der Waals surface area contributed by atoms with E-state index in [2.05, 4.69) is 0 Å². The van der Waals surface area contributed by atoms with Gasteiger partial charge in [0.2, 0.25) is 0 Å². The number of hydrogen-bond donors (Lipinski definition) is 1. The van der Waals surface area contributed by atoms with Gasteiger partial charge in [-0.3, -0.25) is 0 Å². The van der Waals surface area contributed by atoms with Crippen LogP contribution in [0, 0.1) is 0 Å². The Hall–Kier alpha value is -0.300. The first kappa shape index (κ1) is 6.70. The third kappa shape index (κ3) is 5.70. The van der Waals surface area contributed by atoms with Gasteiger partial charge in [-0.1, -0.05) is 12.2 Å². The molecule has 0 heterocycles. The van der Waals surface area contributed by atoms with Crippen molar-refractivity contribution in [2.75, 3.05) is 0 Å². The Labute approximate surface area is 44.7 Å². The van der Waals surface area contributed by atoms with Crippen molar-refractivity contribution in [1.82, 2.24) is 0 Å². The first-order valence-corrected chi connectivity index (χ1v) is 2.56. The molecule has 0 saturated heterocycles. The largest absolute Gasteiger partial charge is 0.393 e. The van der Waals surface area contributed by atoms with E-state index < -0.39 is 0 Å². The molecular weight excluding hydrogens is 88.1 g/mol. The minimum Gasteiger partial charge on any atom is -0.393 e. The van der Waals surface area contributed by atoms with Crippen LogP contribution in [0.2, 0.25) is 0 Å². The summed E-state index contributed by atoms with van der Waals surface area (Å²) in [6.45, 7) is 3.72. The van der Waals surface area contributed by atoms with Gasteiger partial charge in [-0.05, 0) is 20.3 Å². The van der Waals surface area contributed by atoms with Crippen LogP contribution in [0.3, 0.4) is 0 Å². The van der Waals surface area contributed by atoms with E-state index in [9.17, 15) is 0 Å². The van der Waals surface area contributed by atoms with Gasteiger partial charge in [0.1, 0.15) is 0 Å². The number of hydrogen-bond acceptors (Lipinski definition) is 1. The van der Waals surface area contributed by atoms with Gasteiger partial charge in [-0.2, -0.15) is 0 Å². The lowest BCUT2D eigenvalue weighted by molar-refractivity contribution is 0.198. The molecular formula is C6H12O. The third-order valence-electron chi connectivity index (χ3n) is 0.713. The van der Waals surface area contributed by atoms with Crippen molar-refractivity contribution in [2.24, 2.45) is 0 Å². The normalized spacial score (nSPS) is 15.3. The molecule has 0 bridgehead atoms. The molecule has 0 rings (SSSR count). The van der Waals surface area contributed by atoms with Gasteiger partial charge >= 0.3 is 0 Å². The SMILES string of the molecule is C/C=C/CC(C)O. The molecule has 0 aliphatic carbocycles. The predicted molar refractivity (Wildman–Crippen MR) is 31.1 cm³/mol. The number of aliphatic hydroxyl groups excluding tert-OH is 1. The number of allylic oxidation sites excluding steroid dienone is 1. The molecule has 0 fully saturated rings. The zero-order valence-electron chi connectivity index (χ0n) is 4.89. The first-order chi connectivity index (χ1) is 3.27. The average molecular weight is 100 g/mol.